The summed E-state index contributed by atoms with van der Waals surface area (Å²) in [5.74, 6) is 0.660. The molecule has 4 heteroatoms. The Morgan fingerprint density at radius 3 is 1.79 bits per heavy atom. The van der Waals surface area contributed by atoms with E-state index >= 15 is 0 Å². The standard InChI is InChI=1S/C5H7N3.C5H5N/c1-6-5-7-3-2-4-8-5;1-2-4-6-5-3-1/h2-4H,1H3,(H,6,7,8);1-5H. The normalized spacial score (nSPS) is 8.36. The first kappa shape index (κ1) is 10.1. The quantitative estimate of drug-likeness (QED) is 0.738. The number of rotatable bonds is 1. The monoisotopic (exact) mass is 188 g/mol. The van der Waals surface area contributed by atoms with Gasteiger partial charge >= 0.3 is 0 Å². The number of hydrogen-bond acceptors (Lipinski definition) is 4. The van der Waals surface area contributed by atoms with E-state index in [-0.39, 0.29) is 0 Å². The smallest absolute Gasteiger partial charge is 0.222 e. The van der Waals surface area contributed by atoms with Crippen molar-refractivity contribution in [3.05, 3.63) is 49.1 Å². The number of hydrogen-bond donors (Lipinski definition) is 1. The molecule has 0 aliphatic heterocycles. The highest BCUT2D eigenvalue weighted by atomic mass is 15.1. The fraction of sp³-hybridized carbons (Fsp3) is 0.100. The van der Waals surface area contributed by atoms with Gasteiger partial charge in [-0.05, 0) is 18.2 Å². The first-order chi connectivity index (χ1) is 6.93. The lowest BCUT2D eigenvalue weighted by Gasteiger charge is -1.91. The maximum Gasteiger partial charge on any atom is 0.222 e. The Bertz CT molecular complexity index is 296. The van der Waals surface area contributed by atoms with Crippen LogP contribution in [-0.4, -0.2) is 22.0 Å². The minimum Gasteiger partial charge on any atom is -0.357 e. The number of pyridine rings is 1. The molecule has 2 aromatic rings. The summed E-state index contributed by atoms with van der Waals surface area (Å²) < 4.78 is 0. The molecule has 72 valence electrons. The SMILES string of the molecule is CNc1ncccn1.c1ccncc1. The van der Waals surface area contributed by atoms with Crippen LogP contribution in [0.5, 0.6) is 0 Å². The third-order valence-corrected chi connectivity index (χ3v) is 1.36. The minimum atomic E-state index is 0.660. The molecule has 0 unspecified atom stereocenters. The highest BCUT2D eigenvalue weighted by Gasteiger charge is 1.81. The van der Waals surface area contributed by atoms with Crippen LogP contribution in [0.15, 0.2) is 49.1 Å². The van der Waals surface area contributed by atoms with Gasteiger partial charge in [-0.1, -0.05) is 6.07 Å². The predicted molar refractivity (Wildman–Crippen MR) is 55.8 cm³/mol. The van der Waals surface area contributed by atoms with Crippen molar-refractivity contribution in [2.45, 2.75) is 0 Å². The van der Waals surface area contributed by atoms with Gasteiger partial charge in [0.25, 0.3) is 0 Å². The van der Waals surface area contributed by atoms with Crippen molar-refractivity contribution >= 4 is 5.95 Å². The summed E-state index contributed by atoms with van der Waals surface area (Å²) in [5.41, 5.74) is 0. The third-order valence-electron chi connectivity index (χ3n) is 1.36. The van der Waals surface area contributed by atoms with E-state index in [1.54, 1.807) is 37.9 Å². The fourth-order valence-electron chi connectivity index (χ4n) is 0.741. The van der Waals surface area contributed by atoms with Crippen LogP contribution in [0.2, 0.25) is 0 Å². The van der Waals surface area contributed by atoms with Gasteiger partial charge in [-0.2, -0.15) is 0 Å². The van der Waals surface area contributed by atoms with Gasteiger partial charge < -0.3 is 5.32 Å². The molecule has 4 nitrogen and oxygen atoms in total. The molecule has 0 aliphatic rings. The van der Waals surface area contributed by atoms with E-state index in [4.69, 9.17) is 0 Å². The zero-order valence-corrected chi connectivity index (χ0v) is 7.96. The molecule has 2 rings (SSSR count). The largest absolute Gasteiger partial charge is 0.357 e. The molecule has 0 amide bonds. The fourth-order valence-corrected chi connectivity index (χ4v) is 0.741. The van der Waals surface area contributed by atoms with Crippen molar-refractivity contribution in [3.8, 4) is 0 Å². The predicted octanol–water partition coefficient (Wildman–Crippen LogP) is 1.60. The summed E-state index contributed by atoms with van der Waals surface area (Å²) in [6.07, 6.45) is 6.89. The first-order valence-corrected chi connectivity index (χ1v) is 4.23. The van der Waals surface area contributed by atoms with Gasteiger partial charge in [0.1, 0.15) is 0 Å². The lowest BCUT2D eigenvalue weighted by Crippen LogP contribution is -1.92. The van der Waals surface area contributed by atoms with E-state index in [9.17, 15) is 0 Å². The van der Waals surface area contributed by atoms with E-state index in [1.807, 2.05) is 18.2 Å². The van der Waals surface area contributed by atoms with Crippen molar-refractivity contribution in [3.63, 3.8) is 0 Å². The molecule has 2 aromatic heterocycles. The van der Waals surface area contributed by atoms with Crippen LogP contribution in [0.25, 0.3) is 0 Å². The Hall–Kier alpha value is -1.97. The van der Waals surface area contributed by atoms with Crippen LogP contribution in [0.4, 0.5) is 5.95 Å². The van der Waals surface area contributed by atoms with Crippen molar-refractivity contribution in [1.82, 2.24) is 15.0 Å². The molecule has 1 N–H and O–H groups in total. The number of nitrogens with zero attached hydrogens (tertiary/aromatic N) is 3. The van der Waals surface area contributed by atoms with Crippen LogP contribution in [0.1, 0.15) is 0 Å². The Labute approximate surface area is 83.1 Å². The maximum atomic E-state index is 3.88. The highest BCUT2D eigenvalue weighted by molar-refractivity contribution is 5.19. The average molecular weight is 188 g/mol. The molecule has 0 saturated heterocycles. The molecular formula is C10H12N4. The van der Waals surface area contributed by atoms with Crippen LogP contribution < -0.4 is 5.32 Å². The highest BCUT2D eigenvalue weighted by Crippen LogP contribution is 1.88. The van der Waals surface area contributed by atoms with Gasteiger partial charge in [0.2, 0.25) is 5.95 Å². The molecule has 14 heavy (non-hydrogen) atoms. The zero-order valence-electron chi connectivity index (χ0n) is 7.96. The Balaban J connectivity index is 0.000000146. The molecule has 0 atom stereocenters. The van der Waals surface area contributed by atoms with Gasteiger partial charge in [0, 0.05) is 31.8 Å². The van der Waals surface area contributed by atoms with Crippen LogP contribution in [0.3, 0.4) is 0 Å². The topological polar surface area (TPSA) is 50.7 Å². The van der Waals surface area contributed by atoms with E-state index in [2.05, 4.69) is 20.3 Å². The summed E-state index contributed by atoms with van der Waals surface area (Å²) in [4.78, 5) is 11.5. The van der Waals surface area contributed by atoms with Crippen LogP contribution in [0, 0.1) is 0 Å². The summed E-state index contributed by atoms with van der Waals surface area (Å²) in [6, 6.07) is 7.49. The molecule has 0 fully saturated rings. The lowest BCUT2D eigenvalue weighted by molar-refractivity contribution is 1.15. The molecular weight excluding hydrogens is 176 g/mol. The molecule has 2 heterocycles. The second kappa shape index (κ2) is 6.54. The van der Waals surface area contributed by atoms with Crippen molar-refractivity contribution in [2.75, 3.05) is 12.4 Å². The number of nitrogens with one attached hydrogen (secondary N) is 1. The van der Waals surface area contributed by atoms with Crippen LogP contribution >= 0.6 is 0 Å². The van der Waals surface area contributed by atoms with E-state index < -0.39 is 0 Å². The Morgan fingerprint density at radius 1 is 0.857 bits per heavy atom. The average Bonchev–Trinajstić information content (AvgIpc) is 2.33. The second-order valence-corrected chi connectivity index (χ2v) is 2.35. The molecule has 0 bridgehead atoms. The van der Waals surface area contributed by atoms with Gasteiger partial charge in [-0.25, -0.2) is 9.97 Å². The summed E-state index contributed by atoms with van der Waals surface area (Å²) in [5, 5.41) is 2.80. The second-order valence-electron chi connectivity index (χ2n) is 2.35. The Morgan fingerprint density at radius 2 is 1.50 bits per heavy atom. The van der Waals surface area contributed by atoms with Gasteiger partial charge in [0.15, 0.2) is 0 Å². The number of aromatic nitrogens is 3. The van der Waals surface area contributed by atoms with Crippen molar-refractivity contribution in [1.29, 1.82) is 0 Å². The molecule has 0 radical (unpaired) electrons. The summed E-state index contributed by atoms with van der Waals surface area (Å²) in [6.45, 7) is 0. The van der Waals surface area contributed by atoms with E-state index in [0.29, 0.717) is 5.95 Å². The molecule has 0 aromatic carbocycles. The van der Waals surface area contributed by atoms with Crippen LogP contribution in [-0.2, 0) is 0 Å². The molecule has 0 saturated carbocycles. The minimum absolute atomic E-state index is 0.660. The number of anilines is 1. The summed E-state index contributed by atoms with van der Waals surface area (Å²) >= 11 is 0. The zero-order chi connectivity index (χ0) is 10.1. The third kappa shape index (κ3) is 4.15. The first-order valence-electron chi connectivity index (χ1n) is 4.23. The summed E-state index contributed by atoms with van der Waals surface area (Å²) in [7, 11) is 1.79. The van der Waals surface area contributed by atoms with E-state index in [1.165, 1.54) is 0 Å². The van der Waals surface area contributed by atoms with Crippen molar-refractivity contribution in [2.24, 2.45) is 0 Å². The molecule has 0 aliphatic carbocycles. The Kier molecular flexibility index (Phi) is 4.72. The maximum absolute atomic E-state index is 3.88. The van der Waals surface area contributed by atoms with Gasteiger partial charge in [-0.3, -0.25) is 4.98 Å². The van der Waals surface area contributed by atoms with Crippen molar-refractivity contribution < 1.29 is 0 Å². The lowest BCUT2D eigenvalue weighted by atomic mass is 10.5. The van der Waals surface area contributed by atoms with Gasteiger partial charge in [-0.15, -0.1) is 0 Å². The molecule has 0 spiro atoms. The van der Waals surface area contributed by atoms with Gasteiger partial charge in [0.05, 0.1) is 0 Å². The van der Waals surface area contributed by atoms with E-state index in [0.717, 1.165) is 0 Å².